The van der Waals surface area contributed by atoms with E-state index in [0.717, 1.165) is 24.7 Å². The van der Waals surface area contributed by atoms with Crippen LogP contribution in [0.3, 0.4) is 0 Å². The van der Waals surface area contributed by atoms with Gasteiger partial charge in [-0.1, -0.05) is 12.1 Å². The smallest absolute Gasteiger partial charge is 0.258 e. The van der Waals surface area contributed by atoms with E-state index in [1.54, 1.807) is 25.4 Å². The fourth-order valence-corrected chi connectivity index (χ4v) is 2.85. The highest BCUT2D eigenvalue weighted by molar-refractivity contribution is 5.77. The summed E-state index contributed by atoms with van der Waals surface area (Å²) in [6.07, 6.45) is 5.34. The minimum atomic E-state index is -0.214. The maximum Gasteiger partial charge on any atom is 0.258 e. The molecule has 1 aliphatic heterocycles. The molecule has 0 atom stereocenters. The molecule has 7 heteroatoms. The first-order chi connectivity index (χ1) is 12.8. The van der Waals surface area contributed by atoms with Crippen molar-refractivity contribution in [3.05, 3.63) is 42.2 Å². The van der Waals surface area contributed by atoms with Crippen LogP contribution in [0.25, 0.3) is 0 Å². The summed E-state index contributed by atoms with van der Waals surface area (Å²) < 4.78 is 10.7. The number of hydrogen-bond donors (Lipinski definition) is 1. The van der Waals surface area contributed by atoms with E-state index >= 15 is 0 Å². The summed E-state index contributed by atoms with van der Waals surface area (Å²) in [5.74, 6) is 1.66. The minimum absolute atomic E-state index is 0.0789. The maximum absolute atomic E-state index is 12.0. The SMILES string of the molecule is COc1ccccc1OCC(=O)NCc1ccnc(N2CCCCC2)n1. The Morgan fingerprint density at radius 2 is 1.92 bits per heavy atom. The van der Waals surface area contributed by atoms with E-state index < -0.39 is 0 Å². The van der Waals surface area contributed by atoms with Gasteiger partial charge < -0.3 is 19.7 Å². The number of amides is 1. The van der Waals surface area contributed by atoms with Gasteiger partial charge in [0.05, 0.1) is 19.3 Å². The molecular formula is C19H24N4O3. The maximum atomic E-state index is 12.0. The molecule has 0 unspecified atom stereocenters. The Morgan fingerprint density at radius 3 is 2.69 bits per heavy atom. The summed E-state index contributed by atoms with van der Waals surface area (Å²) in [5.41, 5.74) is 0.784. The highest BCUT2D eigenvalue weighted by Gasteiger charge is 2.14. The number of rotatable bonds is 7. The zero-order valence-corrected chi connectivity index (χ0v) is 15.0. The molecule has 1 saturated heterocycles. The van der Waals surface area contributed by atoms with E-state index in [2.05, 4.69) is 20.2 Å². The van der Waals surface area contributed by atoms with Gasteiger partial charge >= 0.3 is 0 Å². The monoisotopic (exact) mass is 356 g/mol. The van der Waals surface area contributed by atoms with E-state index in [-0.39, 0.29) is 12.5 Å². The second kappa shape index (κ2) is 9.03. The summed E-state index contributed by atoms with van der Waals surface area (Å²) in [4.78, 5) is 23.1. The molecule has 1 fully saturated rings. The standard InChI is InChI=1S/C19H24N4O3/c1-25-16-7-3-4-8-17(16)26-14-18(24)21-13-15-9-10-20-19(22-15)23-11-5-2-6-12-23/h3-4,7-10H,2,5-6,11-14H2,1H3,(H,21,24). The number of benzene rings is 1. The van der Waals surface area contributed by atoms with Crippen molar-refractivity contribution in [3.8, 4) is 11.5 Å². The van der Waals surface area contributed by atoms with Crippen LogP contribution in [0.4, 0.5) is 5.95 Å². The third-order valence-electron chi connectivity index (χ3n) is 4.23. The van der Waals surface area contributed by atoms with Gasteiger partial charge in [0.25, 0.3) is 5.91 Å². The number of hydrogen-bond acceptors (Lipinski definition) is 6. The number of nitrogens with one attached hydrogen (secondary N) is 1. The summed E-state index contributed by atoms with van der Waals surface area (Å²) in [7, 11) is 1.57. The number of carbonyl (C=O) groups is 1. The van der Waals surface area contributed by atoms with Gasteiger partial charge in [-0.3, -0.25) is 4.79 Å². The molecule has 2 aromatic rings. The quantitative estimate of drug-likeness (QED) is 0.819. The molecule has 0 bridgehead atoms. The first-order valence-corrected chi connectivity index (χ1v) is 8.85. The fourth-order valence-electron chi connectivity index (χ4n) is 2.85. The van der Waals surface area contributed by atoms with Crippen molar-refractivity contribution in [2.75, 3.05) is 31.7 Å². The Labute approximate surface area is 153 Å². The van der Waals surface area contributed by atoms with Gasteiger partial charge in [0.2, 0.25) is 5.95 Å². The summed E-state index contributed by atoms with van der Waals surface area (Å²) >= 11 is 0. The van der Waals surface area contributed by atoms with Crippen LogP contribution >= 0.6 is 0 Å². The third-order valence-corrected chi connectivity index (χ3v) is 4.23. The topological polar surface area (TPSA) is 76.6 Å². The van der Waals surface area contributed by atoms with E-state index in [4.69, 9.17) is 9.47 Å². The Kier molecular flexibility index (Phi) is 6.24. The Hall–Kier alpha value is -2.83. The highest BCUT2D eigenvalue weighted by atomic mass is 16.5. The van der Waals surface area contributed by atoms with Crippen LogP contribution in [0, 0.1) is 0 Å². The second-order valence-corrected chi connectivity index (χ2v) is 6.11. The van der Waals surface area contributed by atoms with E-state index in [1.807, 2.05) is 18.2 Å². The predicted molar refractivity (Wildman–Crippen MR) is 98.4 cm³/mol. The van der Waals surface area contributed by atoms with E-state index in [0.29, 0.717) is 18.0 Å². The second-order valence-electron chi connectivity index (χ2n) is 6.11. The van der Waals surface area contributed by atoms with Crippen molar-refractivity contribution in [1.29, 1.82) is 0 Å². The molecule has 3 rings (SSSR count). The average molecular weight is 356 g/mol. The lowest BCUT2D eigenvalue weighted by molar-refractivity contribution is -0.123. The van der Waals surface area contributed by atoms with Crippen LogP contribution < -0.4 is 19.7 Å². The Balaban J connectivity index is 1.50. The first kappa shape index (κ1) is 18.0. The lowest BCUT2D eigenvalue weighted by Gasteiger charge is -2.26. The van der Waals surface area contributed by atoms with Crippen LogP contribution in [-0.2, 0) is 11.3 Å². The predicted octanol–water partition coefficient (Wildman–Crippen LogP) is 2.17. The molecular weight excluding hydrogens is 332 g/mol. The van der Waals surface area contributed by atoms with Gasteiger partial charge in [-0.2, -0.15) is 0 Å². The van der Waals surface area contributed by atoms with E-state index in [9.17, 15) is 4.79 Å². The van der Waals surface area contributed by atoms with Crippen molar-refractivity contribution in [3.63, 3.8) is 0 Å². The molecule has 1 aromatic heterocycles. The van der Waals surface area contributed by atoms with Gasteiger partial charge in [0.15, 0.2) is 18.1 Å². The molecule has 2 heterocycles. The van der Waals surface area contributed by atoms with Gasteiger partial charge in [-0.15, -0.1) is 0 Å². The van der Waals surface area contributed by atoms with Crippen molar-refractivity contribution >= 4 is 11.9 Å². The van der Waals surface area contributed by atoms with Gasteiger partial charge in [0, 0.05) is 19.3 Å². The van der Waals surface area contributed by atoms with Gasteiger partial charge in [0.1, 0.15) is 0 Å². The number of carbonyl (C=O) groups excluding carboxylic acids is 1. The zero-order chi connectivity index (χ0) is 18.2. The summed E-state index contributed by atoms with van der Waals surface area (Å²) in [5, 5.41) is 2.82. The van der Waals surface area contributed by atoms with Crippen LogP contribution in [0.1, 0.15) is 25.0 Å². The third kappa shape index (κ3) is 4.84. The molecule has 1 aromatic carbocycles. The molecule has 0 aliphatic carbocycles. The highest BCUT2D eigenvalue weighted by Crippen LogP contribution is 2.25. The molecule has 138 valence electrons. The number of anilines is 1. The lowest BCUT2D eigenvalue weighted by Crippen LogP contribution is -2.32. The molecule has 7 nitrogen and oxygen atoms in total. The van der Waals surface area contributed by atoms with Gasteiger partial charge in [-0.05, 0) is 37.5 Å². The van der Waals surface area contributed by atoms with Crippen LogP contribution in [0.5, 0.6) is 11.5 Å². The number of nitrogens with zero attached hydrogens (tertiary/aromatic N) is 3. The molecule has 0 spiro atoms. The molecule has 26 heavy (non-hydrogen) atoms. The number of aromatic nitrogens is 2. The largest absolute Gasteiger partial charge is 0.493 e. The van der Waals surface area contributed by atoms with Crippen LogP contribution in [-0.4, -0.2) is 42.7 Å². The van der Waals surface area contributed by atoms with Crippen molar-refractivity contribution < 1.29 is 14.3 Å². The molecule has 0 saturated carbocycles. The molecule has 1 aliphatic rings. The number of methoxy groups -OCH3 is 1. The van der Waals surface area contributed by atoms with E-state index in [1.165, 1.54) is 19.3 Å². The Morgan fingerprint density at radius 1 is 1.15 bits per heavy atom. The average Bonchev–Trinajstić information content (AvgIpc) is 2.71. The number of ether oxygens (including phenoxy) is 2. The number of piperidine rings is 1. The molecule has 0 radical (unpaired) electrons. The minimum Gasteiger partial charge on any atom is -0.493 e. The zero-order valence-electron chi connectivity index (χ0n) is 15.0. The fraction of sp³-hybridized carbons (Fsp3) is 0.421. The van der Waals surface area contributed by atoms with Crippen molar-refractivity contribution in [2.24, 2.45) is 0 Å². The lowest BCUT2D eigenvalue weighted by atomic mass is 10.1. The first-order valence-electron chi connectivity index (χ1n) is 8.85. The number of para-hydroxylation sites is 2. The van der Waals surface area contributed by atoms with Crippen LogP contribution in [0.15, 0.2) is 36.5 Å². The van der Waals surface area contributed by atoms with Gasteiger partial charge in [-0.25, -0.2) is 9.97 Å². The molecule has 1 amide bonds. The summed E-state index contributed by atoms with van der Waals surface area (Å²) in [6.45, 7) is 2.24. The van der Waals surface area contributed by atoms with Crippen molar-refractivity contribution in [1.82, 2.24) is 15.3 Å². The Bertz CT molecular complexity index is 732. The van der Waals surface area contributed by atoms with Crippen LogP contribution in [0.2, 0.25) is 0 Å². The normalized spacial score (nSPS) is 14.0. The summed E-state index contributed by atoms with van der Waals surface area (Å²) in [6, 6.07) is 9.05. The van der Waals surface area contributed by atoms with Crippen molar-refractivity contribution in [2.45, 2.75) is 25.8 Å². The molecule has 1 N–H and O–H groups in total.